The number of hydrogen-bond acceptors (Lipinski definition) is 4. The average Bonchev–Trinajstić information content (AvgIpc) is 2.39. The van der Waals surface area contributed by atoms with Gasteiger partial charge in [-0.05, 0) is 38.0 Å². The van der Waals surface area contributed by atoms with Gasteiger partial charge in [0.25, 0.3) is 5.91 Å². The molecule has 0 aliphatic carbocycles. The van der Waals surface area contributed by atoms with Gasteiger partial charge in [-0.3, -0.25) is 4.79 Å². The number of ether oxygens (including phenoxy) is 1. The topological polar surface area (TPSA) is 81.4 Å². The molecule has 5 nitrogen and oxygen atoms in total. The van der Waals surface area contributed by atoms with E-state index >= 15 is 0 Å². The number of nitrogens with one attached hydrogen (secondary N) is 1. The first-order chi connectivity index (χ1) is 9.36. The van der Waals surface area contributed by atoms with Crippen LogP contribution < -0.4 is 11.1 Å². The summed E-state index contributed by atoms with van der Waals surface area (Å²) in [6, 6.07) is 2.62. The van der Waals surface area contributed by atoms with Gasteiger partial charge in [0.15, 0.2) is 6.10 Å². The molecule has 1 atom stereocenters. The Bertz CT molecular complexity index is 517. The van der Waals surface area contributed by atoms with Crippen LogP contribution >= 0.6 is 0 Å². The zero-order valence-electron chi connectivity index (χ0n) is 11.8. The van der Waals surface area contributed by atoms with Crippen LogP contribution in [-0.4, -0.2) is 24.5 Å². The highest BCUT2D eigenvalue weighted by Crippen LogP contribution is 2.18. The lowest BCUT2D eigenvalue weighted by Gasteiger charge is -2.14. The van der Waals surface area contributed by atoms with Crippen molar-refractivity contribution in [3.8, 4) is 0 Å². The van der Waals surface area contributed by atoms with Crippen molar-refractivity contribution in [1.82, 2.24) is 5.32 Å². The highest BCUT2D eigenvalue weighted by Gasteiger charge is 2.22. The third-order valence-corrected chi connectivity index (χ3v) is 2.70. The molecule has 6 heteroatoms. The van der Waals surface area contributed by atoms with Crippen molar-refractivity contribution >= 4 is 17.6 Å². The molecule has 0 aromatic heterocycles. The number of nitrogens with two attached hydrogens (primary N) is 1. The highest BCUT2D eigenvalue weighted by molar-refractivity contribution is 5.93. The molecular formula is C14H19FN2O3. The van der Waals surface area contributed by atoms with Crippen molar-refractivity contribution in [2.45, 2.75) is 33.3 Å². The molecule has 1 rings (SSSR count). The number of halogens is 1. The first-order valence-corrected chi connectivity index (χ1v) is 6.41. The molecule has 0 saturated heterocycles. The highest BCUT2D eigenvalue weighted by atomic mass is 19.1. The molecular weight excluding hydrogens is 263 g/mol. The molecule has 20 heavy (non-hydrogen) atoms. The van der Waals surface area contributed by atoms with E-state index in [0.29, 0.717) is 6.54 Å². The molecule has 0 radical (unpaired) electrons. The van der Waals surface area contributed by atoms with E-state index in [2.05, 4.69) is 5.32 Å². The minimum Gasteiger partial charge on any atom is -0.449 e. The molecule has 1 aromatic rings. The Morgan fingerprint density at radius 3 is 2.70 bits per heavy atom. The van der Waals surface area contributed by atoms with Crippen molar-refractivity contribution in [3.05, 3.63) is 29.1 Å². The predicted octanol–water partition coefficient (Wildman–Crippen LogP) is 1.79. The summed E-state index contributed by atoms with van der Waals surface area (Å²) in [5.74, 6) is -2.01. The number of carbonyl (C=O) groups is 2. The number of nitrogen functional groups attached to an aromatic ring is 1. The molecule has 0 fully saturated rings. The van der Waals surface area contributed by atoms with E-state index in [1.165, 1.54) is 26.0 Å². The van der Waals surface area contributed by atoms with E-state index in [-0.39, 0.29) is 16.8 Å². The van der Waals surface area contributed by atoms with Gasteiger partial charge in [0.05, 0.1) is 5.56 Å². The van der Waals surface area contributed by atoms with E-state index in [1.807, 2.05) is 6.92 Å². The first kappa shape index (κ1) is 15.9. The van der Waals surface area contributed by atoms with Crippen molar-refractivity contribution in [1.29, 1.82) is 0 Å². The van der Waals surface area contributed by atoms with Crippen LogP contribution in [0.4, 0.5) is 10.1 Å². The SMILES string of the molecule is CCCNC(=O)C(C)OC(=O)c1cc(N)cc(C)c1F. The summed E-state index contributed by atoms with van der Waals surface area (Å²) in [5.41, 5.74) is 5.82. The fraction of sp³-hybridized carbons (Fsp3) is 0.429. The van der Waals surface area contributed by atoms with Crippen LogP contribution in [0.25, 0.3) is 0 Å². The summed E-state index contributed by atoms with van der Waals surface area (Å²) in [7, 11) is 0. The van der Waals surface area contributed by atoms with Crippen LogP contribution in [0, 0.1) is 12.7 Å². The quantitative estimate of drug-likeness (QED) is 0.637. The number of rotatable bonds is 5. The summed E-state index contributed by atoms with van der Waals surface area (Å²) in [6.45, 7) is 5.33. The molecule has 0 heterocycles. The van der Waals surface area contributed by atoms with Crippen LogP contribution in [-0.2, 0) is 9.53 Å². The van der Waals surface area contributed by atoms with Gasteiger partial charge in [-0.15, -0.1) is 0 Å². The molecule has 0 spiro atoms. The summed E-state index contributed by atoms with van der Waals surface area (Å²) in [5, 5.41) is 2.59. The fourth-order valence-electron chi connectivity index (χ4n) is 1.62. The molecule has 0 bridgehead atoms. The molecule has 0 aliphatic heterocycles. The lowest BCUT2D eigenvalue weighted by Crippen LogP contribution is -2.36. The second-order valence-electron chi connectivity index (χ2n) is 4.54. The minimum atomic E-state index is -0.991. The zero-order chi connectivity index (χ0) is 15.3. The number of esters is 1. The van der Waals surface area contributed by atoms with Crippen LogP contribution in [0.1, 0.15) is 36.2 Å². The number of benzene rings is 1. The van der Waals surface area contributed by atoms with Crippen molar-refractivity contribution < 1.29 is 18.7 Å². The van der Waals surface area contributed by atoms with Crippen molar-refractivity contribution in [2.75, 3.05) is 12.3 Å². The number of aryl methyl sites for hydroxylation is 1. The first-order valence-electron chi connectivity index (χ1n) is 6.41. The van der Waals surface area contributed by atoms with Gasteiger partial charge in [-0.1, -0.05) is 6.92 Å². The monoisotopic (exact) mass is 282 g/mol. The molecule has 0 saturated carbocycles. The van der Waals surface area contributed by atoms with Crippen LogP contribution in [0.5, 0.6) is 0 Å². The summed E-state index contributed by atoms with van der Waals surface area (Å²) in [4.78, 5) is 23.4. The molecule has 1 amide bonds. The molecule has 1 aromatic carbocycles. The van der Waals surface area contributed by atoms with Gasteiger partial charge in [0.2, 0.25) is 0 Å². The predicted molar refractivity (Wildman–Crippen MR) is 73.7 cm³/mol. The van der Waals surface area contributed by atoms with E-state index in [0.717, 1.165) is 6.42 Å². The minimum absolute atomic E-state index is 0.250. The van der Waals surface area contributed by atoms with E-state index in [4.69, 9.17) is 10.5 Å². The average molecular weight is 282 g/mol. The Balaban J connectivity index is 2.79. The summed E-state index contributed by atoms with van der Waals surface area (Å²) < 4.78 is 18.8. The third kappa shape index (κ3) is 3.94. The van der Waals surface area contributed by atoms with E-state index < -0.39 is 23.8 Å². The maximum Gasteiger partial charge on any atom is 0.341 e. The van der Waals surface area contributed by atoms with Gasteiger partial charge < -0.3 is 15.8 Å². The van der Waals surface area contributed by atoms with Gasteiger partial charge >= 0.3 is 5.97 Å². The summed E-state index contributed by atoms with van der Waals surface area (Å²) >= 11 is 0. The van der Waals surface area contributed by atoms with E-state index in [1.54, 1.807) is 0 Å². The molecule has 3 N–H and O–H groups in total. The molecule has 110 valence electrons. The maximum atomic E-state index is 13.8. The number of amides is 1. The Morgan fingerprint density at radius 1 is 1.45 bits per heavy atom. The van der Waals surface area contributed by atoms with Crippen LogP contribution in [0.2, 0.25) is 0 Å². The van der Waals surface area contributed by atoms with Crippen LogP contribution in [0.15, 0.2) is 12.1 Å². The fourth-order valence-corrected chi connectivity index (χ4v) is 1.62. The smallest absolute Gasteiger partial charge is 0.341 e. The third-order valence-electron chi connectivity index (χ3n) is 2.70. The van der Waals surface area contributed by atoms with Gasteiger partial charge in [-0.2, -0.15) is 0 Å². The Morgan fingerprint density at radius 2 is 2.10 bits per heavy atom. The standard InChI is InChI=1S/C14H19FN2O3/c1-4-5-17-13(18)9(3)20-14(19)11-7-10(16)6-8(2)12(11)15/h6-7,9H,4-5,16H2,1-3H3,(H,17,18). The Hall–Kier alpha value is -2.11. The Kier molecular flexibility index (Phi) is 5.49. The van der Waals surface area contributed by atoms with Gasteiger partial charge in [0.1, 0.15) is 5.82 Å². The molecule has 0 aliphatic rings. The lowest BCUT2D eigenvalue weighted by atomic mass is 10.1. The number of hydrogen-bond donors (Lipinski definition) is 2. The Labute approximate surface area is 117 Å². The van der Waals surface area contributed by atoms with Gasteiger partial charge in [0, 0.05) is 12.2 Å². The maximum absolute atomic E-state index is 13.8. The normalized spacial score (nSPS) is 11.8. The number of anilines is 1. The largest absolute Gasteiger partial charge is 0.449 e. The second kappa shape index (κ2) is 6.88. The van der Waals surface area contributed by atoms with E-state index in [9.17, 15) is 14.0 Å². The summed E-state index contributed by atoms with van der Waals surface area (Å²) in [6.07, 6.45) is -0.217. The van der Waals surface area contributed by atoms with Gasteiger partial charge in [-0.25, -0.2) is 9.18 Å². The number of carbonyl (C=O) groups excluding carboxylic acids is 2. The molecule has 1 unspecified atom stereocenters. The lowest BCUT2D eigenvalue weighted by molar-refractivity contribution is -0.129. The zero-order valence-corrected chi connectivity index (χ0v) is 11.8. The second-order valence-corrected chi connectivity index (χ2v) is 4.54. The van der Waals surface area contributed by atoms with Crippen molar-refractivity contribution in [3.63, 3.8) is 0 Å². The van der Waals surface area contributed by atoms with Crippen LogP contribution in [0.3, 0.4) is 0 Å². The van der Waals surface area contributed by atoms with Crippen molar-refractivity contribution in [2.24, 2.45) is 0 Å².